The first kappa shape index (κ1) is 15.5. The first-order valence-electron chi connectivity index (χ1n) is 6.78. The zero-order chi connectivity index (χ0) is 15.1. The number of nitrogens with one attached hydrogen (secondary N) is 2. The van der Waals surface area contributed by atoms with E-state index in [0.29, 0.717) is 17.6 Å². The smallest absolute Gasteiger partial charge is 0.224 e. The van der Waals surface area contributed by atoms with E-state index in [4.69, 9.17) is 16.3 Å². The van der Waals surface area contributed by atoms with Crippen LogP contribution < -0.4 is 10.6 Å². The average Bonchev–Trinajstić information content (AvgIpc) is 2.46. The molecule has 0 saturated heterocycles. The van der Waals surface area contributed by atoms with Crippen LogP contribution in [0, 0.1) is 6.92 Å². The fourth-order valence-electron chi connectivity index (χ4n) is 1.81. The number of hydrogen-bond donors (Lipinski definition) is 2. The first-order chi connectivity index (χ1) is 10.2. The summed E-state index contributed by atoms with van der Waals surface area (Å²) in [6, 6.07) is 9.38. The zero-order valence-electron chi connectivity index (χ0n) is 12.2. The van der Waals surface area contributed by atoms with Crippen molar-refractivity contribution in [3.63, 3.8) is 0 Å². The van der Waals surface area contributed by atoms with Gasteiger partial charge in [0, 0.05) is 42.7 Å². The number of methoxy groups -OCH3 is 1. The van der Waals surface area contributed by atoms with Crippen LogP contribution in [-0.2, 0) is 4.74 Å². The SMILES string of the molecule is COCCCNc1nc(C)cc(Nc2ccc(Cl)cc2)n1. The Bertz CT molecular complexity index is 574. The topological polar surface area (TPSA) is 59.1 Å². The Balaban J connectivity index is 2.02. The number of aryl methyl sites for hydroxylation is 1. The van der Waals surface area contributed by atoms with Gasteiger partial charge in [0.2, 0.25) is 5.95 Å². The Morgan fingerprint density at radius 3 is 2.67 bits per heavy atom. The van der Waals surface area contributed by atoms with E-state index >= 15 is 0 Å². The Morgan fingerprint density at radius 2 is 1.95 bits per heavy atom. The highest BCUT2D eigenvalue weighted by Crippen LogP contribution is 2.19. The number of ether oxygens (including phenoxy) is 1. The van der Waals surface area contributed by atoms with E-state index in [2.05, 4.69) is 20.6 Å². The Kier molecular flexibility index (Phi) is 5.78. The summed E-state index contributed by atoms with van der Waals surface area (Å²) >= 11 is 5.87. The highest BCUT2D eigenvalue weighted by Gasteiger charge is 2.02. The standard InChI is InChI=1S/C15H19ClN4O/c1-11-10-14(19-13-6-4-12(16)5-7-13)20-15(18-11)17-8-3-9-21-2/h4-7,10H,3,8-9H2,1-2H3,(H2,17,18,19,20). The summed E-state index contributed by atoms with van der Waals surface area (Å²) in [7, 11) is 1.69. The van der Waals surface area contributed by atoms with E-state index < -0.39 is 0 Å². The monoisotopic (exact) mass is 306 g/mol. The summed E-state index contributed by atoms with van der Waals surface area (Å²) in [5.74, 6) is 1.36. The van der Waals surface area contributed by atoms with Crippen LogP contribution in [0.1, 0.15) is 12.1 Å². The summed E-state index contributed by atoms with van der Waals surface area (Å²) < 4.78 is 5.01. The molecule has 0 bridgehead atoms. The van der Waals surface area contributed by atoms with Gasteiger partial charge < -0.3 is 15.4 Å². The van der Waals surface area contributed by atoms with E-state index in [1.807, 2.05) is 37.3 Å². The minimum Gasteiger partial charge on any atom is -0.385 e. The Labute approximate surface area is 129 Å². The van der Waals surface area contributed by atoms with E-state index in [1.165, 1.54) is 0 Å². The summed E-state index contributed by atoms with van der Waals surface area (Å²) in [6.07, 6.45) is 0.910. The number of hydrogen-bond acceptors (Lipinski definition) is 5. The van der Waals surface area contributed by atoms with Gasteiger partial charge in [0.25, 0.3) is 0 Å². The summed E-state index contributed by atoms with van der Waals surface area (Å²) in [6.45, 7) is 3.43. The molecular formula is C15H19ClN4O. The van der Waals surface area contributed by atoms with Crippen LogP contribution in [0.3, 0.4) is 0 Å². The molecule has 1 aromatic heterocycles. The maximum absolute atomic E-state index is 5.87. The van der Waals surface area contributed by atoms with E-state index in [-0.39, 0.29) is 0 Å². The highest BCUT2D eigenvalue weighted by atomic mass is 35.5. The van der Waals surface area contributed by atoms with Gasteiger partial charge in [-0.2, -0.15) is 4.98 Å². The number of anilines is 3. The lowest BCUT2D eigenvalue weighted by Crippen LogP contribution is -2.09. The summed E-state index contributed by atoms with van der Waals surface area (Å²) in [5, 5.41) is 7.14. The Morgan fingerprint density at radius 1 is 1.19 bits per heavy atom. The molecule has 0 radical (unpaired) electrons. The van der Waals surface area contributed by atoms with Crippen molar-refractivity contribution >= 4 is 29.1 Å². The second-order valence-electron chi connectivity index (χ2n) is 4.62. The third-order valence-corrected chi connectivity index (χ3v) is 3.03. The quantitative estimate of drug-likeness (QED) is 0.765. The van der Waals surface area contributed by atoms with Crippen LogP contribution in [0.2, 0.25) is 5.02 Å². The van der Waals surface area contributed by atoms with Crippen LogP contribution >= 0.6 is 11.6 Å². The molecule has 0 fully saturated rings. The lowest BCUT2D eigenvalue weighted by molar-refractivity contribution is 0.197. The van der Waals surface area contributed by atoms with Crippen LogP contribution in [0.25, 0.3) is 0 Å². The fraction of sp³-hybridized carbons (Fsp3) is 0.333. The van der Waals surface area contributed by atoms with Gasteiger partial charge in [0.1, 0.15) is 5.82 Å². The van der Waals surface area contributed by atoms with Crippen LogP contribution in [-0.4, -0.2) is 30.2 Å². The predicted molar refractivity (Wildman–Crippen MR) is 86.5 cm³/mol. The van der Waals surface area contributed by atoms with Crippen molar-refractivity contribution in [3.8, 4) is 0 Å². The summed E-state index contributed by atoms with van der Waals surface area (Å²) in [5.41, 5.74) is 1.83. The second-order valence-corrected chi connectivity index (χ2v) is 5.06. The largest absolute Gasteiger partial charge is 0.385 e. The third kappa shape index (κ3) is 5.21. The molecule has 2 rings (SSSR count). The van der Waals surface area contributed by atoms with Crippen molar-refractivity contribution in [1.82, 2.24) is 9.97 Å². The molecule has 0 unspecified atom stereocenters. The molecule has 0 aliphatic rings. The number of aromatic nitrogens is 2. The number of benzene rings is 1. The average molecular weight is 307 g/mol. The van der Waals surface area contributed by atoms with Gasteiger partial charge in [-0.1, -0.05) is 11.6 Å². The molecule has 1 heterocycles. The second kappa shape index (κ2) is 7.81. The molecule has 0 saturated carbocycles. The zero-order valence-corrected chi connectivity index (χ0v) is 12.9. The van der Waals surface area contributed by atoms with Crippen LogP contribution in [0.15, 0.2) is 30.3 Å². The molecule has 6 heteroatoms. The van der Waals surface area contributed by atoms with Gasteiger partial charge in [0.05, 0.1) is 0 Å². The molecule has 1 aromatic carbocycles. The van der Waals surface area contributed by atoms with Crippen molar-refractivity contribution in [2.75, 3.05) is 30.9 Å². The van der Waals surface area contributed by atoms with E-state index in [1.54, 1.807) is 7.11 Å². The molecule has 112 valence electrons. The molecule has 21 heavy (non-hydrogen) atoms. The summed E-state index contributed by atoms with van der Waals surface area (Å²) in [4.78, 5) is 8.80. The molecule has 2 aromatic rings. The number of nitrogens with zero attached hydrogens (tertiary/aromatic N) is 2. The first-order valence-corrected chi connectivity index (χ1v) is 7.16. The molecule has 2 N–H and O–H groups in total. The van der Waals surface area contributed by atoms with E-state index in [9.17, 15) is 0 Å². The van der Waals surface area contributed by atoms with Gasteiger partial charge in [-0.05, 0) is 37.6 Å². The van der Waals surface area contributed by atoms with Gasteiger partial charge in [-0.15, -0.1) is 0 Å². The molecular weight excluding hydrogens is 288 g/mol. The lowest BCUT2D eigenvalue weighted by atomic mass is 10.3. The predicted octanol–water partition coefficient (Wildman–Crippen LogP) is 3.63. The van der Waals surface area contributed by atoms with Crippen molar-refractivity contribution in [2.24, 2.45) is 0 Å². The lowest BCUT2D eigenvalue weighted by Gasteiger charge is -2.10. The molecule has 5 nitrogen and oxygen atoms in total. The maximum atomic E-state index is 5.87. The fourth-order valence-corrected chi connectivity index (χ4v) is 1.94. The minimum absolute atomic E-state index is 0.613. The van der Waals surface area contributed by atoms with Crippen LogP contribution in [0.4, 0.5) is 17.5 Å². The van der Waals surface area contributed by atoms with Gasteiger partial charge in [-0.3, -0.25) is 0 Å². The van der Waals surface area contributed by atoms with Gasteiger partial charge >= 0.3 is 0 Å². The minimum atomic E-state index is 0.613. The third-order valence-electron chi connectivity index (χ3n) is 2.78. The number of rotatable bonds is 7. The van der Waals surface area contributed by atoms with Crippen molar-refractivity contribution in [2.45, 2.75) is 13.3 Å². The molecule has 0 aliphatic carbocycles. The molecule has 0 aliphatic heterocycles. The van der Waals surface area contributed by atoms with Crippen LogP contribution in [0.5, 0.6) is 0 Å². The highest BCUT2D eigenvalue weighted by molar-refractivity contribution is 6.30. The Hall–Kier alpha value is -1.85. The van der Waals surface area contributed by atoms with Gasteiger partial charge in [0.15, 0.2) is 0 Å². The molecule has 0 atom stereocenters. The van der Waals surface area contributed by atoms with Gasteiger partial charge in [-0.25, -0.2) is 4.98 Å². The molecule has 0 spiro atoms. The van der Waals surface area contributed by atoms with Crippen molar-refractivity contribution < 1.29 is 4.74 Å². The van der Waals surface area contributed by atoms with E-state index in [0.717, 1.165) is 30.2 Å². The van der Waals surface area contributed by atoms with Crippen molar-refractivity contribution in [1.29, 1.82) is 0 Å². The number of halogens is 1. The molecule has 0 amide bonds. The van der Waals surface area contributed by atoms with Crippen molar-refractivity contribution in [3.05, 3.63) is 41.0 Å². The maximum Gasteiger partial charge on any atom is 0.224 e. The normalized spacial score (nSPS) is 10.4.